The third kappa shape index (κ3) is 3.08. The molecular weight excluding hydrogens is 352 g/mol. The quantitative estimate of drug-likeness (QED) is 0.735. The van der Waals surface area contributed by atoms with Gasteiger partial charge in [0, 0.05) is 37.3 Å². The maximum absolute atomic E-state index is 10.2. The van der Waals surface area contributed by atoms with Crippen LogP contribution in [0, 0.1) is 0 Å². The van der Waals surface area contributed by atoms with Gasteiger partial charge in [-0.1, -0.05) is 12.1 Å². The fourth-order valence-electron chi connectivity index (χ4n) is 4.90. The van der Waals surface area contributed by atoms with Crippen LogP contribution in [0.4, 0.5) is 11.5 Å². The highest BCUT2D eigenvalue weighted by molar-refractivity contribution is 5.76. The summed E-state index contributed by atoms with van der Waals surface area (Å²) in [6.07, 6.45) is 2.49. The van der Waals surface area contributed by atoms with Gasteiger partial charge in [0.05, 0.1) is 17.4 Å². The molecule has 28 heavy (non-hydrogen) atoms. The Balaban J connectivity index is 1.43. The number of nitrogens with zero attached hydrogens (tertiary/aromatic N) is 4. The van der Waals surface area contributed by atoms with E-state index < -0.39 is 0 Å². The van der Waals surface area contributed by atoms with E-state index in [9.17, 15) is 5.11 Å². The monoisotopic (exact) mass is 380 g/mol. The second-order valence-electron chi connectivity index (χ2n) is 8.15. The average molecular weight is 380 g/mol. The molecule has 3 aliphatic heterocycles. The van der Waals surface area contributed by atoms with Crippen molar-refractivity contribution in [1.82, 2.24) is 20.4 Å². The van der Waals surface area contributed by atoms with Crippen molar-refractivity contribution in [2.24, 2.45) is 0 Å². The molecule has 2 aromatic rings. The smallest absolute Gasteiger partial charge is 0.172 e. The fraction of sp³-hybridized carbons (Fsp3) is 0.524. The number of phenolic OH excluding ortho intramolecular Hbond substituents is 1. The van der Waals surface area contributed by atoms with E-state index in [1.165, 1.54) is 12.8 Å². The molecule has 2 atom stereocenters. The summed E-state index contributed by atoms with van der Waals surface area (Å²) in [5, 5.41) is 26.1. The lowest BCUT2D eigenvalue weighted by molar-refractivity contribution is 0.128. The molecule has 7 nitrogen and oxygen atoms in total. The second kappa shape index (κ2) is 7.22. The number of piperazine rings is 1. The van der Waals surface area contributed by atoms with Gasteiger partial charge in [-0.25, -0.2) is 0 Å². The minimum Gasteiger partial charge on any atom is -0.507 e. The Labute approximate surface area is 165 Å². The Hall–Kier alpha value is -2.38. The summed E-state index contributed by atoms with van der Waals surface area (Å²) >= 11 is 0. The van der Waals surface area contributed by atoms with Gasteiger partial charge in [-0.05, 0) is 51.1 Å². The van der Waals surface area contributed by atoms with Crippen LogP contribution in [0.25, 0.3) is 11.3 Å². The van der Waals surface area contributed by atoms with Gasteiger partial charge in [0.1, 0.15) is 5.75 Å². The van der Waals surface area contributed by atoms with Crippen LogP contribution in [0.2, 0.25) is 0 Å². The predicted molar refractivity (Wildman–Crippen MR) is 111 cm³/mol. The van der Waals surface area contributed by atoms with Crippen molar-refractivity contribution in [3.8, 4) is 17.0 Å². The maximum atomic E-state index is 10.2. The number of aromatic hydroxyl groups is 1. The maximum Gasteiger partial charge on any atom is 0.172 e. The molecule has 0 bridgehead atoms. The van der Waals surface area contributed by atoms with E-state index in [0.717, 1.165) is 49.8 Å². The summed E-state index contributed by atoms with van der Waals surface area (Å²) in [5.74, 6) is 1.08. The molecule has 2 fully saturated rings. The van der Waals surface area contributed by atoms with Crippen molar-refractivity contribution in [3.63, 3.8) is 0 Å². The normalized spacial score (nSPS) is 25.7. The summed E-state index contributed by atoms with van der Waals surface area (Å²) in [7, 11) is 0. The van der Waals surface area contributed by atoms with Crippen LogP contribution in [-0.2, 0) is 0 Å². The predicted octanol–water partition coefficient (Wildman–Crippen LogP) is 1.91. The molecule has 7 heteroatoms. The summed E-state index contributed by atoms with van der Waals surface area (Å²) in [6.45, 7) is 7.66. The van der Waals surface area contributed by atoms with Gasteiger partial charge in [-0.15, -0.1) is 10.2 Å². The molecule has 0 saturated carbocycles. The fourth-order valence-corrected chi connectivity index (χ4v) is 4.90. The first kappa shape index (κ1) is 17.7. The van der Waals surface area contributed by atoms with Crippen LogP contribution < -0.4 is 15.5 Å². The van der Waals surface area contributed by atoms with E-state index in [1.54, 1.807) is 6.07 Å². The highest BCUT2D eigenvalue weighted by Crippen LogP contribution is 2.38. The van der Waals surface area contributed by atoms with Crippen molar-refractivity contribution in [2.45, 2.75) is 37.9 Å². The Morgan fingerprint density at radius 1 is 1.11 bits per heavy atom. The van der Waals surface area contributed by atoms with Crippen LogP contribution in [-0.4, -0.2) is 71.1 Å². The van der Waals surface area contributed by atoms with Gasteiger partial charge in [0.25, 0.3) is 0 Å². The number of hydrogen-bond acceptors (Lipinski definition) is 7. The lowest BCUT2D eigenvalue weighted by Gasteiger charge is -2.50. The molecule has 3 aliphatic rings. The van der Waals surface area contributed by atoms with E-state index in [-0.39, 0.29) is 5.75 Å². The molecule has 5 rings (SSSR count). The minimum atomic E-state index is 0.237. The van der Waals surface area contributed by atoms with Crippen LogP contribution in [0.3, 0.4) is 0 Å². The number of rotatable bonds is 2. The van der Waals surface area contributed by atoms with Gasteiger partial charge in [0.15, 0.2) is 5.82 Å². The van der Waals surface area contributed by atoms with E-state index >= 15 is 0 Å². The molecular formula is C21H28N6O. The van der Waals surface area contributed by atoms with Crippen LogP contribution in [0.15, 0.2) is 30.3 Å². The third-order valence-corrected chi connectivity index (χ3v) is 6.48. The zero-order valence-corrected chi connectivity index (χ0v) is 16.3. The Bertz CT molecular complexity index is 853. The summed E-state index contributed by atoms with van der Waals surface area (Å²) in [4.78, 5) is 5.18. The lowest BCUT2D eigenvalue weighted by Crippen LogP contribution is -2.63. The number of nitrogens with one attached hydrogen (secondary N) is 2. The van der Waals surface area contributed by atoms with E-state index in [0.29, 0.717) is 23.8 Å². The van der Waals surface area contributed by atoms with E-state index in [4.69, 9.17) is 0 Å². The topological polar surface area (TPSA) is 76.6 Å². The molecule has 148 valence electrons. The number of hydrogen-bond donors (Lipinski definition) is 3. The number of fused-ring (bicyclic) bond motifs is 3. The first-order valence-corrected chi connectivity index (χ1v) is 10.3. The second-order valence-corrected chi connectivity index (χ2v) is 8.15. The Morgan fingerprint density at radius 2 is 1.93 bits per heavy atom. The van der Waals surface area contributed by atoms with Crippen molar-refractivity contribution in [1.29, 1.82) is 0 Å². The number of phenols is 1. The minimum absolute atomic E-state index is 0.237. The molecule has 0 amide bonds. The summed E-state index contributed by atoms with van der Waals surface area (Å²) < 4.78 is 0. The molecule has 0 radical (unpaired) electrons. The van der Waals surface area contributed by atoms with Crippen LogP contribution in [0.5, 0.6) is 5.75 Å². The average Bonchev–Trinajstić information content (AvgIpc) is 2.74. The van der Waals surface area contributed by atoms with E-state index in [2.05, 4.69) is 43.6 Å². The number of aromatic nitrogens is 2. The largest absolute Gasteiger partial charge is 0.507 e. The van der Waals surface area contributed by atoms with Gasteiger partial charge in [-0.2, -0.15) is 0 Å². The van der Waals surface area contributed by atoms with E-state index in [1.807, 2.05) is 18.2 Å². The highest BCUT2D eigenvalue weighted by atomic mass is 16.3. The number of benzene rings is 1. The Kier molecular flexibility index (Phi) is 4.56. The molecule has 2 saturated heterocycles. The Morgan fingerprint density at radius 3 is 2.75 bits per heavy atom. The molecule has 1 aromatic heterocycles. The molecule has 1 unspecified atom stereocenters. The van der Waals surface area contributed by atoms with Crippen molar-refractivity contribution >= 4 is 11.5 Å². The zero-order chi connectivity index (χ0) is 19.1. The number of para-hydroxylation sites is 1. The number of anilines is 2. The molecule has 4 heterocycles. The first-order chi connectivity index (χ1) is 13.7. The van der Waals surface area contributed by atoms with Gasteiger partial charge < -0.3 is 20.6 Å². The molecule has 0 aliphatic carbocycles. The molecule has 0 spiro atoms. The van der Waals surface area contributed by atoms with Gasteiger partial charge in [-0.3, -0.25) is 4.90 Å². The zero-order valence-electron chi connectivity index (χ0n) is 16.3. The summed E-state index contributed by atoms with van der Waals surface area (Å²) in [5.41, 5.74) is 2.54. The van der Waals surface area contributed by atoms with Crippen LogP contribution in [0.1, 0.15) is 19.8 Å². The van der Waals surface area contributed by atoms with Crippen molar-refractivity contribution < 1.29 is 5.11 Å². The highest BCUT2D eigenvalue weighted by Gasteiger charge is 2.39. The first-order valence-electron chi connectivity index (χ1n) is 10.3. The van der Waals surface area contributed by atoms with Crippen molar-refractivity contribution in [3.05, 3.63) is 30.3 Å². The number of piperidine rings is 1. The molecule has 1 aromatic carbocycles. The third-order valence-electron chi connectivity index (χ3n) is 6.48. The summed E-state index contributed by atoms with van der Waals surface area (Å²) in [6, 6.07) is 10.8. The molecule has 3 N–H and O–H groups in total. The van der Waals surface area contributed by atoms with Crippen molar-refractivity contribution in [2.75, 3.05) is 42.9 Å². The van der Waals surface area contributed by atoms with Crippen LogP contribution >= 0.6 is 0 Å². The SMILES string of the molecule is C[C@H]1Nc2nnc(-c3ccccc3O)cc2N2CCN(C3CCNCC3)CC12. The lowest BCUT2D eigenvalue weighted by atomic mass is 9.96. The van der Waals surface area contributed by atoms with Gasteiger partial charge in [0.2, 0.25) is 0 Å². The van der Waals surface area contributed by atoms with Gasteiger partial charge >= 0.3 is 0 Å². The standard InChI is InChI=1S/C21H28N6O/c1-14-19-13-26(15-6-8-22-9-7-15)10-11-27(19)18-12-17(24-25-21(18)23-14)16-4-2-3-5-20(16)28/h2-5,12,14-15,19,22,28H,6-11,13H2,1H3,(H,23,25)/t14-,19?/m1/s1.